The summed E-state index contributed by atoms with van der Waals surface area (Å²) in [7, 11) is 0. The Morgan fingerprint density at radius 2 is 1.14 bits per heavy atom. The number of hydrogen-bond acceptors (Lipinski definition) is 3. The van der Waals surface area contributed by atoms with Gasteiger partial charge in [0.15, 0.2) is 0 Å². The van der Waals surface area contributed by atoms with Gasteiger partial charge in [0.25, 0.3) is 0 Å². The van der Waals surface area contributed by atoms with Crippen molar-refractivity contribution in [2.45, 2.75) is 19.3 Å². The first kappa shape index (κ1) is 21.3. The van der Waals surface area contributed by atoms with Crippen molar-refractivity contribution in [3.8, 4) is 0 Å². The quantitative estimate of drug-likeness (QED) is 0.499. The summed E-state index contributed by atoms with van der Waals surface area (Å²) in [5.74, 6) is 0.311. The van der Waals surface area contributed by atoms with Gasteiger partial charge >= 0.3 is 0 Å². The smallest absolute Gasteiger partial charge is 0.223 e. The highest BCUT2D eigenvalue weighted by molar-refractivity contribution is 6.19. The normalized spacial score (nSPS) is 10.1. The molecule has 0 aliphatic carbocycles. The molecule has 0 fully saturated rings. The van der Waals surface area contributed by atoms with Crippen LogP contribution in [0.25, 0.3) is 0 Å². The number of rotatable bonds is 12. The summed E-state index contributed by atoms with van der Waals surface area (Å²) in [6.07, 6.45) is 0.699. The van der Waals surface area contributed by atoms with Gasteiger partial charge in [0.1, 0.15) is 0 Å². The van der Waals surface area contributed by atoms with Crippen LogP contribution in [0, 0.1) is 0 Å². The number of nitrogens with one attached hydrogen (secondary N) is 2. The molecule has 0 aliphatic heterocycles. The number of alkyl halides is 3. The molecule has 22 heavy (non-hydrogen) atoms. The molecule has 0 aromatic carbocycles. The van der Waals surface area contributed by atoms with Gasteiger partial charge in [0.05, 0.1) is 0 Å². The third kappa shape index (κ3) is 10.9. The number of amides is 3. The summed E-state index contributed by atoms with van der Waals surface area (Å²) in [6, 6.07) is 0. The van der Waals surface area contributed by atoms with Crippen molar-refractivity contribution in [1.29, 1.82) is 0 Å². The van der Waals surface area contributed by atoms with Crippen LogP contribution in [0.2, 0.25) is 0 Å². The lowest BCUT2D eigenvalue weighted by molar-refractivity contribution is -0.131. The molecule has 0 bridgehead atoms. The number of carbonyl (C=O) groups is 3. The SMILES string of the molecule is O=C(CCCl)NCCN(CCNC(=O)CCCl)C(=O)CCCl. The van der Waals surface area contributed by atoms with E-state index >= 15 is 0 Å². The van der Waals surface area contributed by atoms with E-state index in [0.29, 0.717) is 26.2 Å². The minimum atomic E-state index is -0.157. The predicted octanol–water partition coefficient (Wildman–Crippen LogP) is 0.934. The maximum atomic E-state index is 11.9. The molecule has 0 aromatic heterocycles. The van der Waals surface area contributed by atoms with Crippen molar-refractivity contribution in [3.05, 3.63) is 0 Å². The molecule has 2 N–H and O–H groups in total. The molecule has 128 valence electrons. The highest BCUT2D eigenvalue weighted by atomic mass is 35.5. The molecular formula is C13H22Cl3N3O3. The van der Waals surface area contributed by atoms with Crippen molar-refractivity contribution >= 4 is 52.5 Å². The Morgan fingerprint density at radius 3 is 1.50 bits per heavy atom. The van der Waals surface area contributed by atoms with Crippen LogP contribution in [-0.4, -0.2) is 66.4 Å². The third-order valence-electron chi connectivity index (χ3n) is 2.71. The average Bonchev–Trinajstić information content (AvgIpc) is 2.46. The summed E-state index contributed by atoms with van der Waals surface area (Å²) in [5.41, 5.74) is 0. The minimum Gasteiger partial charge on any atom is -0.354 e. The molecule has 0 spiro atoms. The Bertz CT molecular complexity index is 333. The largest absolute Gasteiger partial charge is 0.354 e. The lowest BCUT2D eigenvalue weighted by atomic mass is 10.3. The summed E-state index contributed by atoms with van der Waals surface area (Å²) >= 11 is 16.5. The second kappa shape index (κ2) is 13.9. The predicted molar refractivity (Wildman–Crippen MR) is 88.6 cm³/mol. The maximum absolute atomic E-state index is 11.9. The van der Waals surface area contributed by atoms with Crippen LogP contribution in [0.4, 0.5) is 0 Å². The van der Waals surface area contributed by atoms with E-state index in [9.17, 15) is 14.4 Å². The number of halogens is 3. The summed E-state index contributed by atoms with van der Waals surface area (Å²) < 4.78 is 0. The molecule has 3 amide bonds. The monoisotopic (exact) mass is 373 g/mol. The Kier molecular flexibility index (Phi) is 13.5. The molecule has 0 saturated heterocycles. The standard InChI is InChI=1S/C13H22Cl3N3O3/c14-4-1-11(20)17-7-9-19(13(22)3-6-16)10-8-18-12(21)2-5-15/h1-10H2,(H,17,20)(H,18,21). The van der Waals surface area contributed by atoms with Gasteiger partial charge in [0.2, 0.25) is 17.7 Å². The molecule has 0 saturated carbocycles. The molecular weight excluding hydrogens is 353 g/mol. The topological polar surface area (TPSA) is 78.5 Å². The van der Waals surface area contributed by atoms with Crippen molar-refractivity contribution in [3.63, 3.8) is 0 Å². The van der Waals surface area contributed by atoms with Gasteiger partial charge in [-0.25, -0.2) is 0 Å². The number of nitrogens with zero attached hydrogens (tertiary/aromatic N) is 1. The van der Waals surface area contributed by atoms with Gasteiger partial charge in [-0.3, -0.25) is 14.4 Å². The number of carbonyl (C=O) groups excluding carboxylic acids is 3. The Labute approximate surface area is 145 Å². The third-order valence-corrected chi connectivity index (χ3v) is 3.28. The van der Waals surface area contributed by atoms with Gasteiger partial charge in [-0.15, -0.1) is 34.8 Å². The highest BCUT2D eigenvalue weighted by Crippen LogP contribution is 1.96. The summed E-state index contributed by atoms with van der Waals surface area (Å²) in [6.45, 7) is 1.38. The van der Waals surface area contributed by atoms with Crippen LogP contribution < -0.4 is 10.6 Å². The molecule has 0 aliphatic rings. The second-order valence-electron chi connectivity index (χ2n) is 4.40. The highest BCUT2D eigenvalue weighted by Gasteiger charge is 2.13. The van der Waals surface area contributed by atoms with Crippen LogP contribution in [0.3, 0.4) is 0 Å². The van der Waals surface area contributed by atoms with E-state index in [2.05, 4.69) is 10.6 Å². The van der Waals surface area contributed by atoms with Crippen LogP contribution >= 0.6 is 34.8 Å². The molecule has 9 heteroatoms. The van der Waals surface area contributed by atoms with Gasteiger partial charge in [-0.2, -0.15) is 0 Å². The van der Waals surface area contributed by atoms with Gasteiger partial charge in [0, 0.05) is 63.1 Å². The van der Waals surface area contributed by atoms with Gasteiger partial charge in [-0.05, 0) is 0 Å². The van der Waals surface area contributed by atoms with E-state index in [1.807, 2.05) is 0 Å². The first-order valence-corrected chi connectivity index (χ1v) is 8.64. The summed E-state index contributed by atoms with van der Waals surface area (Å²) in [5, 5.41) is 5.35. The molecule has 0 heterocycles. The van der Waals surface area contributed by atoms with Gasteiger partial charge < -0.3 is 15.5 Å². The Hall–Kier alpha value is -0.720. The van der Waals surface area contributed by atoms with E-state index in [1.165, 1.54) is 0 Å². The van der Waals surface area contributed by atoms with E-state index in [-0.39, 0.29) is 54.6 Å². The second-order valence-corrected chi connectivity index (χ2v) is 5.53. The number of hydrogen-bond donors (Lipinski definition) is 2. The zero-order valence-electron chi connectivity index (χ0n) is 12.4. The first-order valence-electron chi connectivity index (χ1n) is 7.04. The zero-order chi connectivity index (χ0) is 16.8. The van der Waals surface area contributed by atoms with E-state index in [1.54, 1.807) is 4.90 Å². The van der Waals surface area contributed by atoms with Crippen molar-refractivity contribution < 1.29 is 14.4 Å². The fourth-order valence-corrected chi connectivity index (χ4v) is 2.11. The fraction of sp³-hybridized carbons (Fsp3) is 0.769. The molecule has 6 nitrogen and oxygen atoms in total. The minimum absolute atomic E-state index is 0.117. The Balaban J connectivity index is 4.18. The van der Waals surface area contributed by atoms with Crippen molar-refractivity contribution in [2.24, 2.45) is 0 Å². The van der Waals surface area contributed by atoms with Crippen LogP contribution in [-0.2, 0) is 14.4 Å². The molecule has 0 atom stereocenters. The first-order chi connectivity index (χ1) is 10.5. The molecule has 0 radical (unpaired) electrons. The van der Waals surface area contributed by atoms with Crippen LogP contribution in [0.1, 0.15) is 19.3 Å². The lowest BCUT2D eigenvalue weighted by Crippen LogP contribution is -2.42. The fourth-order valence-electron chi connectivity index (χ4n) is 1.61. The van der Waals surface area contributed by atoms with E-state index in [0.717, 1.165) is 0 Å². The van der Waals surface area contributed by atoms with Crippen LogP contribution in [0.15, 0.2) is 0 Å². The maximum Gasteiger partial charge on any atom is 0.223 e. The zero-order valence-corrected chi connectivity index (χ0v) is 14.6. The Morgan fingerprint density at radius 1 is 0.727 bits per heavy atom. The molecule has 0 rings (SSSR count). The van der Waals surface area contributed by atoms with E-state index < -0.39 is 0 Å². The van der Waals surface area contributed by atoms with Crippen molar-refractivity contribution in [1.82, 2.24) is 15.5 Å². The molecule has 0 unspecified atom stereocenters. The van der Waals surface area contributed by atoms with E-state index in [4.69, 9.17) is 34.8 Å². The van der Waals surface area contributed by atoms with Gasteiger partial charge in [-0.1, -0.05) is 0 Å². The lowest BCUT2D eigenvalue weighted by Gasteiger charge is -2.23. The molecule has 0 aromatic rings. The van der Waals surface area contributed by atoms with Crippen LogP contribution in [0.5, 0.6) is 0 Å². The average molecular weight is 375 g/mol. The van der Waals surface area contributed by atoms with Crippen molar-refractivity contribution in [2.75, 3.05) is 43.8 Å². The summed E-state index contributed by atoms with van der Waals surface area (Å²) in [4.78, 5) is 36.1.